The molecule has 0 spiro atoms. The van der Waals surface area contributed by atoms with Crippen molar-refractivity contribution in [1.82, 2.24) is 9.97 Å². The average Bonchev–Trinajstić information content (AvgIpc) is 2.96. The maximum absolute atomic E-state index is 12.2. The Bertz CT molecular complexity index is 818. The fourth-order valence-electron chi connectivity index (χ4n) is 1.92. The molecule has 0 aromatic carbocycles. The fourth-order valence-corrected chi connectivity index (χ4v) is 2.92. The van der Waals surface area contributed by atoms with E-state index in [1.54, 1.807) is 12.1 Å². The Balaban J connectivity index is 1.88. The Kier molecular flexibility index (Phi) is 3.83. The first kappa shape index (κ1) is 13.9. The number of carbonyl (C=O) groups excluding carboxylic acids is 1. The number of aromatic nitrogens is 2. The molecule has 0 atom stereocenters. The lowest BCUT2D eigenvalue weighted by Crippen LogP contribution is -2.14. The quantitative estimate of drug-likeness (QED) is 0.777. The minimum Gasteiger partial charge on any atom is -0.326 e. The van der Waals surface area contributed by atoms with Crippen molar-refractivity contribution in [2.75, 3.05) is 5.32 Å². The molecule has 3 aromatic rings. The summed E-state index contributed by atoms with van der Waals surface area (Å²) < 4.78 is 0. The standard InChI is InChI=1S/C14H11ClN4OS/c15-10-5-8-1-2-11(18-13(8)17-7-10)19-14(20)12-9(6-16)3-4-21-12/h1-5,7H,6,16H2,(H,17,18,19,20). The molecule has 3 N–H and O–H groups in total. The molecule has 106 valence electrons. The van der Waals surface area contributed by atoms with E-state index in [2.05, 4.69) is 15.3 Å². The molecule has 0 aliphatic heterocycles. The third-order valence-corrected chi connectivity index (χ3v) is 4.09. The topological polar surface area (TPSA) is 80.9 Å². The van der Waals surface area contributed by atoms with Gasteiger partial charge in [0.2, 0.25) is 0 Å². The molecular formula is C14H11ClN4OS. The smallest absolute Gasteiger partial charge is 0.267 e. The van der Waals surface area contributed by atoms with Crippen LogP contribution in [-0.2, 0) is 6.54 Å². The van der Waals surface area contributed by atoms with Crippen molar-refractivity contribution in [3.8, 4) is 0 Å². The number of hydrogen-bond donors (Lipinski definition) is 2. The third kappa shape index (κ3) is 2.87. The van der Waals surface area contributed by atoms with Gasteiger partial charge in [-0.1, -0.05) is 11.6 Å². The molecule has 5 nitrogen and oxygen atoms in total. The molecule has 3 heterocycles. The van der Waals surface area contributed by atoms with Crippen LogP contribution in [0.4, 0.5) is 5.82 Å². The summed E-state index contributed by atoms with van der Waals surface area (Å²) >= 11 is 7.23. The minimum absolute atomic E-state index is 0.216. The van der Waals surface area contributed by atoms with Crippen LogP contribution in [0.2, 0.25) is 5.02 Å². The number of fused-ring (bicyclic) bond motifs is 1. The van der Waals surface area contributed by atoms with Crippen LogP contribution in [0, 0.1) is 0 Å². The Labute approximate surface area is 129 Å². The number of nitrogens with two attached hydrogens (primary N) is 1. The summed E-state index contributed by atoms with van der Waals surface area (Å²) in [4.78, 5) is 21.2. The Morgan fingerprint density at radius 1 is 1.38 bits per heavy atom. The van der Waals surface area contributed by atoms with Crippen LogP contribution in [0.5, 0.6) is 0 Å². The zero-order chi connectivity index (χ0) is 14.8. The van der Waals surface area contributed by atoms with E-state index in [4.69, 9.17) is 17.3 Å². The normalized spacial score (nSPS) is 10.8. The number of rotatable bonds is 3. The summed E-state index contributed by atoms with van der Waals surface area (Å²) in [6.07, 6.45) is 1.52. The van der Waals surface area contributed by atoms with E-state index in [0.717, 1.165) is 10.9 Å². The molecule has 1 amide bonds. The lowest BCUT2D eigenvalue weighted by molar-refractivity contribution is 0.102. The van der Waals surface area contributed by atoms with E-state index in [-0.39, 0.29) is 5.91 Å². The highest BCUT2D eigenvalue weighted by Crippen LogP contribution is 2.20. The van der Waals surface area contributed by atoms with E-state index in [1.807, 2.05) is 17.5 Å². The number of carbonyl (C=O) groups is 1. The lowest BCUT2D eigenvalue weighted by Gasteiger charge is -2.05. The van der Waals surface area contributed by atoms with Crippen LogP contribution in [-0.4, -0.2) is 15.9 Å². The Morgan fingerprint density at radius 2 is 2.24 bits per heavy atom. The van der Waals surface area contributed by atoms with Crippen LogP contribution in [0.15, 0.2) is 35.8 Å². The zero-order valence-electron chi connectivity index (χ0n) is 10.8. The molecule has 7 heteroatoms. The van der Waals surface area contributed by atoms with Crippen molar-refractivity contribution in [2.45, 2.75) is 6.54 Å². The number of amides is 1. The summed E-state index contributed by atoms with van der Waals surface area (Å²) in [5, 5.41) is 5.97. The maximum Gasteiger partial charge on any atom is 0.267 e. The van der Waals surface area contributed by atoms with E-state index in [9.17, 15) is 4.79 Å². The summed E-state index contributed by atoms with van der Waals surface area (Å²) in [6, 6.07) is 7.15. The van der Waals surface area contributed by atoms with E-state index in [0.29, 0.717) is 27.9 Å². The first-order valence-electron chi connectivity index (χ1n) is 6.17. The molecule has 0 saturated heterocycles. The van der Waals surface area contributed by atoms with Gasteiger partial charge in [-0.2, -0.15) is 0 Å². The highest BCUT2D eigenvalue weighted by Gasteiger charge is 2.13. The largest absolute Gasteiger partial charge is 0.326 e. The van der Waals surface area contributed by atoms with E-state index in [1.165, 1.54) is 17.5 Å². The van der Waals surface area contributed by atoms with Crippen molar-refractivity contribution >= 4 is 45.7 Å². The van der Waals surface area contributed by atoms with Gasteiger partial charge in [0.05, 0.1) is 9.90 Å². The first-order valence-corrected chi connectivity index (χ1v) is 7.43. The van der Waals surface area contributed by atoms with Gasteiger partial charge in [0.25, 0.3) is 5.91 Å². The van der Waals surface area contributed by atoms with Gasteiger partial charge in [-0.05, 0) is 35.2 Å². The molecule has 0 aliphatic carbocycles. The number of pyridine rings is 2. The first-order chi connectivity index (χ1) is 10.2. The van der Waals surface area contributed by atoms with Gasteiger partial charge >= 0.3 is 0 Å². The SMILES string of the molecule is NCc1ccsc1C(=O)Nc1ccc2cc(Cl)cnc2n1. The van der Waals surface area contributed by atoms with Gasteiger partial charge in [0.15, 0.2) is 5.65 Å². The number of nitrogens with zero attached hydrogens (tertiary/aromatic N) is 2. The second-order valence-electron chi connectivity index (χ2n) is 4.33. The molecule has 0 fully saturated rings. The third-order valence-electron chi connectivity index (χ3n) is 2.92. The number of nitrogens with one attached hydrogen (secondary N) is 1. The van der Waals surface area contributed by atoms with Crippen LogP contribution in [0.3, 0.4) is 0 Å². The fraction of sp³-hybridized carbons (Fsp3) is 0.0714. The predicted octanol–water partition coefficient (Wildman–Crippen LogP) is 3.06. The van der Waals surface area contributed by atoms with E-state index < -0.39 is 0 Å². The summed E-state index contributed by atoms with van der Waals surface area (Å²) in [7, 11) is 0. The number of thiophene rings is 1. The highest BCUT2D eigenvalue weighted by atomic mass is 35.5. The Hall–Kier alpha value is -2.02. The van der Waals surface area contributed by atoms with Gasteiger partial charge in [-0.25, -0.2) is 9.97 Å². The van der Waals surface area contributed by atoms with Gasteiger partial charge in [-0.15, -0.1) is 11.3 Å². The van der Waals surface area contributed by atoms with Crippen molar-refractivity contribution in [3.63, 3.8) is 0 Å². The van der Waals surface area contributed by atoms with Crippen LogP contribution < -0.4 is 11.1 Å². The molecule has 3 rings (SSSR count). The monoisotopic (exact) mass is 318 g/mol. The molecule has 3 aromatic heterocycles. The molecule has 0 radical (unpaired) electrons. The second-order valence-corrected chi connectivity index (χ2v) is 5.68. The van der Waals surface area contributed by atoms with Crippen molar-refractivity contribution in [3.05, 3.63) is 51.3 Å². The summed E-state index contributed by atoms with van der Waals surface area (Å²) in [5.41, 5.74) is 6.96. The van der Waals surface area contributed by atoms with Gasteiger partial charge < -0.3 is 11.1 Å². The molecular weight excluding hydrogens is 308 g/mol. The lowest BCUT2D eigenvalue weighted by atomic mass is 10.2. The highest BCUT2D eigenvalue weighted by molar-refractivity contribution is 7.12. The van der Waals surface area contributed by atoms with Gasteiger partial charge in [-0.3, -0.25) is 4.79 Å². The molecule has 0 unspecified atom stereocenters. The zero-order valence-corrected chi connectivity index (χ0v) is 12.4. The van der Waals surface area contributed by atoms with Crippen LogP contribution in [0.1, 0.15) is 15.2 Å². The molecule has 21 heavy (non-hydrogen) atoms. The van der Waals surface area contributed by atoms with Crippen LogP contribution >= 0.6 is 22.9 Å². The maximum atomic E-state index is 12.2. The molecule has 0 bridgehead atoms. The molecule has 0 saturated carbocycles. The predicted molar refractivity (Wildman–Crippen MR) is 84.7 cm³/mol. The van der Waals surface area contributed by atoms with Crippen molar-refractivity contribution < 1.29 is 4.79 Å². The summed E-state index contributed by atoms with van der Waals surface area (Å²) in [6.45, 7) is 0.331. The van der Waals surface area contributed by atoms with E-state index >= 15 is 0 Å². The minimum atomic E-state index is -0.216. The van der Waals surface area contributed by atoms with Gasteiger partial charge in [0, 0.05) is 18.1 Å². The van der Waals surface area contributed by atoms with Gasteiger partial charge in [0.1, 0.15) is 5.82 Å². The Morgan fingerprint density at radius 3 is 3.05 bits per heavy atom. The van der Waals surface area contributed by atoms with Crippen molar-refractivity contribution in [1.29, 1.82) is 0 Å². The number of anilines is 1. The molecule has 0 aliphatic rings. The number of hydrogen-bond acceptors (Lipinski definition) is 5. The second kappa shape index (κ2) is 5.77. The number of halogens is 1. The average molecular weight is 319 g/mol. The summed E-state index contributed by atoms with van der Waals surface area (Å²) in [5.74, 6) is 0.227. The van der Waals surface area contributed by atoms with Crippen LogP contribution in [0.25, 0.3) is 11.0 Å². The van der Waals surface area contributed by atoms with Crippen molar-refractivity contribution in [2.24, 2.45) is 5.73 Å².